The molecule has 9 heavy (non-hydrogen) atoms. The molecule has 1 aliphatic rings. The zero-order valence-electron chi connectivity index (χ0n) is 5.09. The molecule has 0 unspecified atom stereocenters. The summed E-state index contributed by atoms with van der Waals surface area (Å²) in [7, 11) is 0. The van der Waals surface area contributed by atoms with Crippen molar-refractivity contribution in [3.8, 4) is 0 Å². The third-order valence-corrected chi connectivity index (χ3v) is 1.19. The van der Waals surface area contributed by atoms with Crippen LogP contribution in [-0.2, 0) is 9.53 Å². The van der Waals surface area contributed by atoms with Gasteiger partial charge in [0.05, 0.1) is 6.10 Å². The van der Waals surface area contributed by atoms with E-state index in [2.05, 4.69) is 11.9 Å². The van der Waals surface area contributed by atoms with Gasteiger partial charge in [-0.15, -0.1) is 6.58 Å². The average Bonchev–Trinajstić information content (AvgIpc) is 1.90. The van der Waals surface area contributed by atoms with Crippen LogP contribution in [0.4, 0.5) is 0 Å². The Hall–Kier alpha value is -0.830. The first-order valence-corrected chi connectivity index (χ1v) is 2.84. The highest BCUT2D eigenvalue weighted by molar-refractivity contribution is 5.77. The fraction of sp³-hybridized carbons (Fsp3) is 0.500. The van der Waals surface area contributed by atoms with E-state index in [1.54, 1.807) is 6.08 Å². The van der Waals surface area contributed by atoms with Gasteiger partial charge in [0.1, 0.15) is 6.61 Å². The lowest BCUT2D eigenvalue weighted by Gasteiger charge is -2.19. The van der Waals surface area contributed by atoms with Crippen LogP contribution in [0, 0.1) is 0 Å². The molecule has 0 saturated carbocycles. The molecule has 0 aromatic carbocycles. The van der Waals surface area contributed by atoms with Gasteiger partial charge in [-0.1, -0.05) is 6.08 Å². The molecular weight excluding hydrogens is 118 g/mol. The van der Waals surface area contributed by atoms with Crippen molar-refractivity contribution in [1.82, 2.24) is 5.32 Å². The normalized spacial score (nSPS) is 27.1. The van der Waals surface area contributed by atoms with Crippen LogP contribution >= 0.6 is 0 Å². The number of hydrogen-bond acceptors (Lipinski definition) is 2. The molecule has 1 N–H and O–H groups in total. The highest BCUT2D eigenvalue weighted by atomic mass is 16.5. The van der Waals surface area contributed by atoms with Crippen molar-refractivity contribution in [2.24, 2.45) is 0 Å². The van der Waals surface area contributed by atoms with Crippen molar-refractivity contribution < 1.29 is 9.53 Å². The molecule has 0 aromatic heterocycles. The van der Waals surface area contributed by atoms with E-state index in [9.17, 15) is 4.79 Å². The summed E-state index contributed by atoms with van der Waals surface area (Å²) >= 11 is 0. The summed E-state index contributed by atoms with van der Waals surface area (Å²) in [5.41, 5.74) is 0. The van der Waals surface area contributed by atoms with Crippen molar-refractivity contribution in [2.45, 2.75) is 6.10 Å². The van der Waals surface area contributed by atoms with E-state index in [1.807, 2.05) is 0 Å². The molecule has 1 aliphatic heterocycles. The lowest BCUT2D eigenvalue weighted by Crippen LogP contribution is -2.41. The van der Waals surface area contributed by atoms with E-state index in [-0.39, 0.29) is 18.6 Å². The molecule has 3 heteroatoms. The number of nitrogens with one attached hydrogen (secondary N) is 1. The van der Waals surface area contributed by atoms with Crippen LogP contribution in [0.1, 0.15) is 0 Å². The second-order valence-electron chi connectivity index (χ2n) is 1.89. The summed E-state index contributed by atoms with van der Waals surface area (Å²) < 4.78 is 5.01. The van der Waals surface area contributed by atoms with Crippen LogP contribution < -0.4 is 5.32 Å². The van der Waals surface area contributed by atoms with Gasteiger partial charge in [-0.05, 0) is 0 Å². The summed E-state index contributed by atoms with van der Waals surface area (Å²) in [6.45, 7) is 4.25. The lowest BCUT2D eigenvalue weighted by atomic mass is 10.3. The van der Waals surface area contributed by atoms with E-state index in [4.69, 9.17) is 4.74 Å². The van der Waals surface area contributed by atoms with Gasteiger partial charge in [0.15, 0.2) is 0 Å². The van der Waals surface area contributed by atoms with E-state index in [1.165, 1.54) is 0 Å². The summed E-state index contributed by atoms with van der Waals surface area (Å²) in [6.07, 6.45) is 1.68. The number of hydrogen-bond donors (Lipinski definition) is 1. The minimum Gasteiger partial charge on any atom is -0.363 e. The number of carbonyl (C=O) groups excluding carboxylic acids is 1. The van der Waals surface area contributed by atoms with Gasteiger partial charge in [-0.2, -0.15) is 0 Å². The molecule has 0 radical (unpaired) electrons. The van der Waals surface area contributed by atoms with Gasteiger partial charge in [-0.25, -0.2) is 0 Å². The highest BCUT2D eigenvalue weighted by Gasteiger charge is 2.14. The molecule has 1 rings (SSSR count). The van der Waals surface area contributed by atoms with Crippen LogP contribution in [0.25, 0.3) is 0 Å². The Bertz CT molecular complexity index is 123. The van der Waals surface area contributed by atoms with Gasteiger partial charge in [0.2, 0.25) is 5.91 Å². The minimum atomic E-state index is -0.0481. The summed E-state index contributed by atoms with van der Waals surface area (Å²) in [6, 6.07) is 0. The average molecular weight is 127 g/mol. The predicted molar refractivity (Wildman–Crippen MR) is 32.9 cm³/mol. The van der Waals surface area contributed by atoms with Crippen molar-refractivity contribution in [1.29, 1.82) is 0 Å². The van der Waals surface area contributed by atoms with Gasteiger partial charge < -0.3 is 10.1 Å². The Morgan fingerprint density at radius 2 is 2.67 bits per heavy atom. The van der Waals surface area contributed by atoms with Crippen LogP contribution in [0.15, 0.2) is 12.7 Å². The molecule has 1 heterocycles. The lowest BCUT2D eigenvalue weighted by molar-refractivity contribution is -0.131. The maximum Gasteiger partial charge on any atom is 0.246 e. The molecule has 1 saturated heterocycles. The Labute approximate surface area is 53.7 Å². The quantitative estimate of drug-likeness (QED) is 0.490. The third-order valence-electron chi connectivity index (χ3n) is 1.19. The van der Waals surface area contributed by atoms with E-state index in [0.717, 1.165) is 0 Å². The van der Waals surface area contributed by atoms with Gasteiger partial charge in [0, 0.05) is 6.54 Å². The Morgan fingerprint density at radius 3 is 3.11 bits per heavy atom. The maximum atomic E-state index is 10.5. The number of rotatable bonds is 1. The number of amides is 1. The largest absolute Gasteiger partial charge is 0.363 e. The highest BCUT2D eigenvalue weighted by Crippen LogP contribution is 1.95. The number of ether oxygens (including phenoxy) is 1. The molecule has 50 valence electrons. The van der Waals surface area contributed by atoms with E-state index in [0.29, 0.717) is 6.54 Å². The van der Waals surface area contributed by atoms with Crippen molar-refractivity contribution in [3.63, 3.8) is 0 Å². The van der Waals surface area contributed by atoms with Crippen LogP contribution in [0.5, 0.6) is 0 Å². The first kappa shape index (κ1) is 6.29. The number of morpholine rings is 1. The standard InChI is InChI=1S/C6H9NO2/c1-2-5-3-7-6(8)4-9-5/h2,5H,1,3-4H2,(H,7,8)/t5-/m0/s1. The number of carbonyl (C=O) groups is 1. The molecule has 3 nitrogen and oxygen atoms in total. The second kappa shape index (κ2) is 2.64. The van der Waals surface area contributed by atoms with Crippen LogP contribution in [0.2, 0.25) is 0 Å². The maximum absolute atomic E-state index is 10.5. The Balaban J connectivity index is 2.34. The monoisotopic (exact) mass is 127 g/mol. The summed E-state index contributed by atoms with van der Waals surface area (Å²) in [5.74, 6) is -0.0481. The molecular formula is C6H9NO2. The van der Waals surface area contributed by atoms with Crippen molar-refractivity contribution in [3.05, 3.63) is 12.7 Å². The first-order valence-electron chi connectivity index (χ1n) is 2.84. The van der Waals surface area contributed by atoms with Gasteiger partial charge in [-0.3, -0.25) is 4.79 Å². The molecule has 0 bridgehead atoms. The predicted octanol–water partition coefficient (Wildman–Crippen LogP) is -0.313. The van der Waals surface area contributed by atoms with E-state index < -0.39 is 0 Å². The second-order valence-corrected chi connectivity index (χ2v) is 1.89. The van der Waals surface area contributed by atoms with Gasteiger partial charge in [0.25, 0.3) is 0 Å². The van der Waals surface area contributed by atoms with Crippen molar-refractivity contribution in [2.75, 3.05) is 13.2 Å². The van der Waals surface area contributed by atoms with Crippen LogP contribution in [0.3, 0.4) is 0 Å². The van der Waals surface area contributed by atoms with Gasteiger partial charge >= 0.3 is 0 Å². The smallest absolute Gasteiger partial charge is 0.246 e. The zero-order valence-corrected chi connectivity index (χ0v) is 5.09. The summed E-state index contributed by atoms with van der Waals surface area (Å²) in [5, 5.41) is 2.65. The molecule has 1 fully saturated rings. The third kappa shape index (κ3) is 1.54. The topological polar surface area (TPSA) is 38.3 Å². The van der Waals surface area contributed by atoms with E-state index >= 15 is 0 Å². The van der Waals surface area contributed by atoms with Crippen molar-refractivity contribution >= 4 is 5.91 Å². The SMILES string of the molecule is C=C[C@H]1CNC(=O)CO1. The molecule has 0 aliphatic carbocycles. The molecule has 1 atom stereocenters. The molecule has 0 aromatic rings. The van der Waals surface area contributed by atoms with Crippen LogP contribution in [-0.4, -0.2) is 25.2 Å². The fourth-order valence-electron chi connectivity index (χ4n) is 0.658. The Morgan fingerprint density at radius 1 is 1.89 bits per heavy atom. The fourth-order valence-corrected chi connectivity index (χ4v) is 0.658. The molecule has 0 spiro atoms. The summed E-state index contributed by atoms with van der Waals surface area (Å²) in [4.78, 5) is 10.5. The minimum absolute atomic E-state index is 0.00250. The zero-order chi connectivity index (χ0) is 6.69. The molecule has 1 amide bonds. The first-order chi connectivity index (χ1) is 4.33. The Kier molecular flexibility index (Phi) is 1.85.